The summed E-state index contributed by atoms with van der Waals surface area (Å²) in [6.07, 6.45) is 0. The minimum absolute atomic E-state index is 0.0948. The van der Waals surface area contributed by atoms with Crippen molar-refractivity contribution in [3.8, 4) is 17.0 Å². The molecular weight excluding hydrogens is 272 g/mol. The highest BCUT2D eigenvalue weighted by atomic mass is 16.6. The second-order valence-electron chi connectivity index (χ2n) is 4.30. The van der Waals surface area contributed by atoms with E-state index in [1.165, 1.54) is 0 Å². The highest BCUT2D eigenvalue weighted by Gasteiger charge is 2.23. The molecule has 2 rings (SSSR count). The summed E-state index contributed by atoms with van der Waals surface area (Å²) in [6.45, 7) is 4.00. The van der Waals surface area contributed by atoms with Crippen molar-refractivity contribution in [1.29, 1.82) is 0 Å². The monoisotopic (exact) mass is 288 g/mol. The molecule has 0 radical (unpaired) electrons. The van der Waals surface area contributed by atoms with Crippen molar-refractivity contribution in [2.75, 3.05) is 19.0 Å². The van der Waals surface area contributed by atoms with Crippen LogP contribution in [0.5, 0.6) is 5.75 Å². The fraction of sp³-hybridized carbons (Fsp3) is 0.286. The maximum atomic E-state index is 11.3. The van der Waals surface area contributed by atoms with Crippen LogP contribution >= 0.6 is 0 Å². The molecule has 0 amide bonds. The third kappa shape index (κ3) is 3.07. The molecule has 7 heteroatoms. The van der Waals surface area contributed by atoms with Gasteiger partial charge in [-0.25, -0.2) is 9.97 Å². The number of aryl methyl sites for hydroxylation is 1. The van der Waals surface area contributed by atoms with E-state index in [4.69, 9.17) is 4.74 Å². The van der Waals surface area contributed by atoms with Gasteiger partial charge in [0.2, 0.25) is 5.95 Å². The lowest BCUT2D eigenvalue weighted by Crippen LogP contribution is -2.05. The van der Waals surface area contributed by atoms with Crippen molar-refractivity contribution in [2.24, 2.45) is 0 Å². The second kappa shape index (κ2) is 6.17. The summed E-state index contributed by atoms with van der Waals surface area (Å²) in [5.41, 5.74) is 1.12. The van der Waals surface area contributed by atoms with Gasteiger partial charge < -0.3 is 10.1 Å². The molecule has 110 valence electrons. The van der Waals surface area contributed by atoms with Gasteiger partial charge in [-0.1, -0.05) is 12.1 Å². The van der Waals surface area contributed by atoms with Crippen molar-refractivity contribution in [2.45, 2.75) is 13.8 Å². The van der Waals surface area contributed by atoms with E-state index < -0.39 is 4.92 Å². The molecule has 0 aliphatic heterocycles. The highest BCUT2D eigenvalue weighted by Crippen LogP contribution is 2.32. The van der Waals surface area contributed by atoms with Gasteiger partial charge in [-0.2, -0.15) is 0 Å². The Balaban J connectivity index is 2.63. The first-order chi connectivity index (χ1) is 10.1. The molecule has 1 heterocycles. The smallest absolute Gasteiger partial charge is 0.316 e. The number of hydrogen-bond acceptors (Lipinski definition) is 6. The largest absolute Gasteiger partial charge is 0.494 e. The van der Waals surface area contributed by atoms with Crippen LogP contribution in [0.1, 0.15) is 12.6 Å². The van der Waals surface area contributed by atoms with Gasteiger partial charge in [-0.3, -0.25) is 10.1 Å². The van der Waals surface area contributed by atoms with Crippen LogP contribution in [0, 0.1) is 17.0 Å². The Morgan fingerprint density at radius 3 is 2.76 bits per heavy atom. The van der Waals surface area contributed by atoms with Crippen LogP contribution in [0.3, 0.4) is 0 Å². The maximum absolute atomic E-state index is 11.3. The molecule has 1 N–H and O–H groups in total. The Kier molecular flexibility index (Phi) is 4.32. The van der Waals surface area contributed by atoms with E-state index in [1.807, 2.05) is 6.92 Å². The summed E-state index contributed by atoms with van der Waals surface area (Å²) in [5, 5.41) is 14.1. The first-order valence-corrected chi connectivity index (χ1v) is 6.50. The van der Waals surface area contributed by atoms with Crippen LogP contribution in [0.15, 0.2) is 24.3 Å². The third-order valence-corrected chi connectivity index (χ3v) is 2.88. The third-order valence-electron chi connectivity index (χ3n) is 2.88. The van der Waals surface area contributed by atoms with Gasteiger partial charge in [0.05, 0.1) is 11.5 Å². The Morgan fingerprint density at radius 2 is 2.14 bits per heavy atom. The van der Waals surface area contributed by atoms with E-state index in [1.54, 1.807) is 38.2 Å². The average Bonchev–Trinajstić information content (AvgIpc) is 2.46. The molecule has 7 nitrogen and oxygen atoms in total. The van der Waals surface area contributed by atoms with Crippen molar-refractivity contribution in [1.82, 2.24) is 9.97 Å². The molecule has 0 fully saturated rings. The van der Waals surface area contributed by atoms with E-state index in [9.17, 15) is 10.1 Å². The quantitative estimate of drug-likeness (QED) is 0.672. The number of nitrogens with one attached hydrogen (secondary N) is 1. The standard InChI is InChI=1S/C14H16N4O3/c1-4-21-11-7-5-6-10(8-11)12-13(18(19)20)9(2)16-14(15-3)17-12/h5-8H,4H2,1-3H3,(H,15,16,17). The zero-order valence-corrected chi connectivity index (χ0v) is 12.1. The molecule has 0 bridgehead atoms. The van der Waals surface area contributed by atoms with Crippen molar-refractivity contribution >= 4 is 11.6 Å². The topological polar surface area (TPSA) is 90.2 Å². The fourth-order valence-electron chi connectivity index (χ4n) is 2.00. The van der Waals surface area contributed by atoms with Crippen molar-refractivity contribution < 1.29 is 9.66 Å². The van der Waals surface area contributed by atoms with Gasteiger partial charge in [-0.05, 0) is 26.0 Å². The first-order valence-electron chi connectivity index (χ1n) is 6.50. The van der Waals surface area contributed by atoms with Gasteiger partial charge in [0, 0.05) is 12.6 Å². The van der Waals surface area contributed by atoms with Gasteiger partial charge in [0.25, 0.3) is 0 Å². The molecule has 0 unspecified atom stereocenters. The number of nitro groups is 1. The molecule has 1 aromatic carbocycles. The minimum atomic E-state index is -0.461. The number of hydrogen-bond donors (Lipinski definition) is 1. The fourth-order valence-corrected chi connectivity index (χ4v) is 2.00. The van der Waals surface area contributed by atoms with Gasteiger partial charge in [0.15, 0.2) is 5.69 Å². The predicted molar refractivity (Wildman–Crippen MR) is 79.6 cm³/mol. The Morgan fingerprint density at radius 1 is 1.38 bits per heavy atom. The number of anilines is 1. The molecule has 21 heavy (non-hydrogen) atoms. The van der Waals surface area contributed by atoms with Crippen molar-refractivity contribution in [3.05, 3.63) is 40.1 Å². The summed E-state index contributed by atoms with van der Waals surface area (Å²) in [5.74, 6) is 0.987. The van der Waals surface area contributed by atoms with Gasteiger partial charge >= 0.3 is 5.69 Å². The number of aromatic nitrogens is 2. The minimum Gasteiger partial charge on any atom is -0.494 e. The van der Waals surface area contributed by atoms with Crippen LogP contribution in [-0.4, -0.2) is 28.5 Å². The van der Waals surface area contributed by atoms with Gasteiger partial charge in [0.1, 0.15) is 11.4 Å². The Labute approximate surface area is 122 Å². The molecule has 2 aromatic rings. The summed E-state index contributed by atoms with van der Waals surface area (Å²) >= 11 is 0. The predicted octanol–water partition coefficient (Wildman–Crippen LogP) is 2.80. The van der Waals surface area contributed by atoms with E-state index in [0.29, 0.717) is 29.6 Å². The molecule has 0 saturated carbocycles. The number of nitrogens with zero attached hydrogens (tertiary/aromatic N) is 3. The lowest BCUT2D eigenvalue weighted by atomic mass is 10.1. The summed E-state index contributed by atoms with van der Waals surface area (Å²) in [6, 6.07) is 7.07. The summed E-state index contributed by atoms with van der Waals surface area (Å²) in [4.78, 5) is 19.1. The van der Waals surface area contributed by atoms with Crippen LogP contribution < -0.4 is 10.1 Å². The molecule has 0 saturated heterocycles. The zero-order chi connectivity index (χ0) is 15.4. The molecule has 1 aromatic heterocycles. The summed E-state index contributed by atoms with van der Waals surface area (Å²) in [7, 11) is 1.67. The lowest BCUT2D eigenvalue weighted by Gasteiger charge is -2.09. The van der Waals surface area contributed by atoms with Crippen LogP contribution in [-0.2, 0) is 0 Å². The van der Waals surface area contributed by atoms with E-state index in [2.05, 4.69) is 15.3 Å². The number of ether oxygens (including phenoxy) is 1. The normalized spacial score (nSPS) is 10.2. The lowest BCUT2D eigenvalue weighted by molar-refractivity contribution is -0.385. The van der Waals surface area contributed by atoms with Crippen LogP contribution in [0.25, 0.3) is 11.3 Å². The van der Waals surface area contributed by atoms with E-state index in [-0.39, 0.29) is 11.4 Å². The number of benzene rings is 1. The Hall–Kier alpha value is -2.70. The summed E-state index contributed by atoms with van der Waals surface area (Å²) < 4.78 is 5.43. The van der Waals surface area contributed by atoms with E-state index >= 15 is 0 Å². The average molecular weight is 288 g/mol. The van der Waals surface area contributed by atoms with Crippen LogP contribution in [0.2, 0.25) is 0 Å². The molecule has 0 aliphatic rings. The molecule has 0 aliphatic carbocycles. The second-order valence-corrected chi connectivity index (χ2v) is 4.30. The zero-order valence-electron chi connectivity index (χ0n) is 12.1. The first kappa shape index (κ1) is 14.7. The van der Waals surface area contributed by atoms with Gasteiger partial charge in [-0.15, -0.1) is 0 Å². The molecular formula is C14H16N4O3. The molecule has 0 spiro atoms. The van der Waals surface area contributed by atoms with E-state index in [0.717, 1.165) is 0 Å². The Bertz CT molecular complexity index is 673. The SMILES string of the molecule is CCOc1cccc(-c2nc(NC)nc(C)c2[N+](=O)[O-])c1. The number of rotatable bonds is 5. The van der Waals surface area contributed by atoms with Crippen LogP contribution in [0.4, 0.5) is 11.6 Å². The maximum Gasteiger partial charge on any atom is 0.316 e. The highest BCUT2D eigenvalue weighted by molar-refractivity contribution is 5.72. The van der Waals surface area contributed by atoms with Crippen molar-refractivity contribution in [3.63, 3.8) is 0 Å². The molecule has 0 atom stereocenters.